The Balaban J connectivity index is 2.39. The number of hydrogen-bond donors (Lipinski definition) is 4. The molecular weight excluding hydrogens is 314 g/mol. The molecule has 0 aliphatic carbocycles. The Bertz CT molecular complexity index is 367. The highest BCUT2D eigenvalue weighted by molar-refractivity contribution is 5.76. The molecule has 1 aliphatic heterocycles. The number of rotatable bonds is 10. The van der Waals surface area contributed by atoms with Crippen LogP contribution in [-0.4, -0.2) is 75.5 Å². The van der Waals surface area contributed by atoms with E-state index >= 15 is 0 Å². The zero-order valence-corrected chi connectivity index (χ0v) is 14.8. The van der Waals surface area contributed by atoms with Gasteiger partial charge in [-0.3, -0.25) is 4.79 Å². The fourth-order valence-corrected chi connectivity index (χ4v) is 3.08. The number of nitrogens with zero attached hydrogens (tertiary/aromatic N) is 1. The van der Waals surface area contributed by atoms with E-state index in [0.717, 1.165) is 19.3 Å². The summed E-state index contributed by atoms with van der Waals surface area (Å²) in [5.41, 5.74) is 0. The molecule has 0 aromatic carbocycles. The summed E-state index contributed by atoms with van der Waals surface area (Å²) in [5.74, 6) is -0.204. The van der Waals surface area contributed by atoms with Crippen LogP contribution in [0.15, 0.2) is 0 Å². The summed E-state index contributed by atoms with van der Waals surface area (Å²) in [5, 5.41) is 39.1. The van der Waals surface area contributed by atoms with Gasteiger partial charge in [0.1, 0.15) is 24.4 Å². The highest BCUT2D eigenvalue weighted by Gasteiger charge is 2.46. The molecule has 1 rings (SSSR count). The predicted molar refractivity (Wildman–Crippen MR) is 89.1 cm³/mol. The lowest BCUT2D eigenvalue weighted by atomic mass is 9.95. The lowest BCUT2D eigenvalue weighted by Crippen LogP contribution is -2.64. The molecule has 7 heteroatoms. The van der Waals surface area contributed by atoms with Crippen molar-refractivity contribution in [2.45, 2.75) is 88.9 Å². The van der Waals surface area contributed by atoms with E-state index in [-0.39, 0.29) is 5.91 Å². The topological polar surface area (TPSA) is 110 Å². The van der Waals surface area contributed by atoms with Gasteiger partial charge < -0.3 is 30.1 Å². The van der Waals surface area contributed by atoms with Gasteiger partial charge in [-0.2, -0.15) is 0 Å². The highest BCUT2D eigenvalue weighted by atomic mass is 16.6. The minimum Gasteiger partial charge on any atom is -0.394 e. The first-order chi connectivity index (χ1) is 11.4. The number of carbonyl (C=O) groups is 1. The van der Waals surface area contributed by atoms with Crippen molar-refractivity contribution in [3.05, 3.63) is 0 Å². The van der Waals surface area contributed by atoms with Crippen molar-refractivity contribution in [3.63, 3.8) is 0 Å². The average molecular weight is 347 g/mol. The second-order valence-electron chi connectivity index (χ2n) is 6.60. The first-order valence-corrected chi connectivity index (χ1v) is 9.00. The molecule has 1 saturated heterocycles. The zero-order valence-electron chi connectivity index (χ0n) is 14.8. The Morgan fingerprint density at radius 1 is 1.00 bits per heavy atom. The average Bonchev–Trinajstić information content (AvgIpc) is 2.57. The molecule has 0 saturated carbocycles. The zero-order chi connectivity index (χ0) is 18.1. The maximum atomic E-state index is 12.2. The van der Waals surface area contributed by atoms with Crippen molar-refractivity contribution in [1.29, 1.82) is 0 Å². The van der Waals surface area contributed by atoms with E-state index in [1.54, 1.807) is 0 Å². The van der Waals surface area contributed by atoms with Crippen molar-refractivity contribution in [1.82, 2.24) is 4.90 Å². The van der Waals surface area contributed by atoms with Crippen LogP contribution in [0.2, 0.25) is 0 Å². The van der Waals surface area contributed by atoms with Crippen molar-refractivity contribution < 1.29 is 30.0 Å². The smallest absolute Gasteiger partial charge is 0.222 e. The van der Waals surface area contributed by atoms with Crippen LogP contribution in [-0.2, 0) is 9.53 Å². The minimum atomic E-state index is -1.44. The van der Waals surface area contributed by atoms with Crippen molar-refractivity contribution in [2.75, 3.05) is 13.7 Å². The Hall–Kier alpha value is -0.730. The molecule has 0 aromatic rings. The summed E-state index contributed by atoms with van der Waals surface area (Å²) in [6, 6.07) is -1.04. The Labute approximate surface area is 144 Å². The van der Waals surface area contributed by atoms with Crippen LogP contribution in [0.3, 0.4) is 0 Å². The second kappa shape index (κ2) is 11.0. The summed E-state index contributed by atoms with van der Waals surface area (Å²) in [7, 11) is 1.48. The van der Waals surface area contributed by atoms with E-state index in [0.29, 0.717) is 6.42 Å². The van der Waals surface area contributed by atoms with Gasteiger partial charge in [0.2, 0.25) is 5.91 Å². The Morgan fingerprint density at radius 2 is 1.58 bits per heavy atom. The van der Waals surface area contributed by atoms with Gasteiger partial charge in [0, 0.05) is 13.5 Å². The SMILES string of the molecule is CCCCCCCCCC(=O)N(C)[C@@H]1[C@@H](O)[C@H](O)[C@@H](CO)O[C@@H]1O. The van der Waals surface area contributed by atoms with Crippen LogP contribution in [0.4, 0.5) is 0 Å². The largest absolute Gasteiger partial charge is 0.394 e. The molecule has 4 N–H and O–H groups in total. The number of ether oxygens (including phenoxy) is 1. The van der Waals surface area contributed by atoms with Crippen LogP contribution in [0.25, 0.3) is 0 Å². The van der Waals surface area contributed by atoms with Crippen LogP contribution in [0.1, 0.15) is 58.3 Å². The van der Waals surface area contributed by atoms with Crippen molar-refractivity contribution >= 4 is 5.91 Å². The molecular formula is C17H33NO6. The van der Waals surface area contributed by atoms with E-state index in [4.69, 9.17) is 9.84 Å². The molecule has 24 heavy (non-hydrogen) atoms. The lowest BCUT2D eigenvalue weighted by molar-refractivity contribution is -0.268. The normalized spacial score (nSPS) is 30.3. The molecule has 0 aromatic heterocycles. The number of aliphatic hydroxyl groups excluding tert-OH is 4. The van der Waals surface area contributed by atoms with Crippen LogP contribution >= 0.6 is 0 Å². The summed E-state index contributed by atoms with van der Waals surface area (Å²) in [6.07, 6.45) is 2.82. The second-order valence-corrected chi connectivity index (χ2v) is 6.60. The molecule has 1 amide bonds. The van der Waals surface area contributed by atoms with Gasteiger partial charge in [-0.25, -0.2) is 0 Å². The highest BCUT2D eigenvalue weighted by Crippen LogP contribution is 2.24. The van der Waals surface area contributed by atoms with E-state index in [1.807, 2.05) is 0 Å². The standard InChI is InChI=1S/C17H33NO6/c1-3-4-5-6-7-8-9-10-13(20)18(2)14-16(22)15(21)12(11-19)24-17(14)23/h12,14-17,19,21-23H,3-11H2,1-2H3/t12-,14-,15-,16-,17+/m1/s1. The van der Waals surface area contributed by atoms with Gasteiger partial charge in [0.05, 0.1) is 6.61 Å². The molecule has 0 radical (unpaired) electrons. The number of likely N-dealkylation sites (N-methyl/N-ethyl adjacent to an activating group) is 1. The monoisotopic (exact) mass is 347 g/mol. The summed E-state index contributed by atoms with van der Waals surface area (Å²) >= 11 is 0. The summed E-state index contributed by atoms with van der Waals surface area (Å²) in [4.78, 5) is 13.5. The Morgan fingerprint density at radius 3 is 2.17 bits per heavy atom. The molecule has 142 valence electrons. The van der Waals surface area contributed by atoms with Gasteiger partial charge in [-0.15, -0.1) is 0 Å². The van der Waals surface area contributed by atoms with Gasteiger partial charge in [0.25, 0.3) is 0 Å². The van der Waals surface area contributed by atoms with Crippen molar-refractivity contribution in [2.24, 2.45) is 0 Å². The van der Waals surface area contributed by atoms with E-state index in [1.165, 1.54) is 37.6 Å². The minimum absolute atomic E-state index is 0.204. The Kier molecular flexibility index (Phi) is 9.76. The first-order valence-electron chi connectivity index (χ1n) is 9.00. The van der Waals surface area contributed by atoms with Gasteiger partial charge in [-0.05, 0) is 6.42 Å². The van der Waals surface area contributed by atoms with Gasteiger partial charge in [-0.1, -0.05) is 45.4 Å². The van der Waals surface area contributed by atoms with E-state index in [2.05, 4.69) is 6.92 Å². The third kappa shape index (κ3) is 5.97. The number of aliphatic hydroxyl groups is 4. The fraction of sp³-hybridized carbons (Fsp3) is 0.941. The number of amides is 1. The molecule has 0 spiro atoms. The summed E-state index contributed by atoms with van der Waals surface area (Å²) < 4.78 is 5.08. The molecule has 7 nitrogen and oxygen atoms in total. The molecule has 0 bridgehead atoms. The van der Waals surface area contributed by atoms with Gasteiger partial charge >= 0.3 is 0 Å². The number of unbranched alkanes of at least 4 members (excludes halogenated alkanes) is 6. The molecule has 0 unspecified atom stereocenters. The van der Waals surface area contributed by atoms with Crippen LogP contribution in [0.5, 0.6) is 0 Å². The molecule has 1 heterocycles. The van der Waals surface area contributed by atoms with Gasteiger partial charge in [0.15, 0.2) is 6.29 Å². The van der Waals surface area contributed by atoms with E-state index in [9.17, 15) is 20.1 Å². The number of hydrogen-bond acceptors (Lipinski definition) is 6. The summed E-state index contributed by atoms with van der Waals surface area (Å²) in [6.45, 7) is 1.66. The van der Waals surface area contributed by atoms with Crippen molar-refractivity contribution in [3.8, 4) is 0 Å². The molecule has 1 aliphatic rings. The maximum absolute atomic E-state index is 12.2. The lowest BCUT2D eigenvalue weighted by Gasteiger charge is -2.43. The molecule has 5 atom stereocenters. The maximum Gasteiger partial charge on any atom is 0.222 e. The van der Waals surface area contributed by atoms with Crippen LogP contribution in [0, 0.1) is 0 Å². The third-order valence-electron chi connectivity index (χ3n) is 4.70. The van der Waals surface area contributed by atoms with E-state index < -0.39 is 37.3 Å². The van der Waals surface area contributed by atoms with Crippen LogP contribution < -0.4 is 0 Å². The molecule has 1 fully saturated rings. The number of carbonyl (C=O) groups excluding carboxylic acids is 1. The predicted octanol–water partition coefficient (Wildman–Crippen LogP) is 0.385. The fourth-order valence-electron chi connectivity index (χ4n) is 3.08. The quantitative estimate of drug-likeness (QED) is 0.425. The third-order valence-corrected chi connectivity index (χ3v) is 4.70. The first kappa shape index (κ1) is 21.3.